The second kappa shape index (κ2) is 4.96. The van der Waals surface area contributed by atoms with Gasteiger partial charge in [-0.1, -0.05) is 0 Å². The second-order valence-corrected chi connectivity index (χ2v) is 6.50. The van der Waals surface area contributed by atoms with Crippen molar-refractivity contribution in [2.45, 2.75) is 24.2 Å². The first-order chi connectivity index (χ1) is 11.4. The summed E-state index contributed by atoms with van der Waals surface area (Å²) in [5.41, 5.74) is 3.47. The van der Waals surface area contributed by atoms with E-state index in [4.69, 9.17) is 5.73 Å². The van der Waals surface area contributed by atoms with Gasteiger partial charge in [0.2, 0.25) is 11.7 Å². The van der Waals surface area contributed by atoms with Crippen LogP contribution in [0.15, 0.2) is 0 Å². The number of aliphatic hydroxyl groups is 2. The number of amides is 3. The molecule has 2 aliphatic rings. The maximum absolute atomic E-state index is 14.0. The van der Waals surface area contributed by atoms with Crippen LogP contribution in [0.25, 0.3) is 0 Å². The number of halogens is 1. The normalized spacial score (nSPS) is 25.1. The monoisotopic (exact) mass is 349 g/mol. The summed E-state index contributed by atoms with van der Waals surface area (Å²) in [6.45, 7) is -0.261. The molecule has 9 nitrogen and oxygen atoms in total. The van der Waals surface area contributed by atoms with Crippen LogP contribution in [-0.2, 0) is 16.1 Å². The lowest BCUT2D eigenvalue weighted by molar-refractivity contribution is -0.202. The molecule has 1 aromatic carbocycles. The Kier molecular flexibility index (Phi) is 3.42. The number of carbonyl (C=O) groups excluding carboxylic acids is 3. The number of anilines is 1. The molecular formula is C13H14B2FN3O6. The molecule has 0 bridgehead atoms. The van der Waals surface area contributed by atoms with E-state index in [2.05, 4.69) is 0 Å². The smallest absolute Gasteiger partial charge is 0.286 e. The average molecular weight is 349 g/mol. The van der Waals surface area contributed by atoms with E-state index in [0.717, 1.165) is 4.90 Å². The largest absolute Gasteiger partial charge is 0.503 e. The van der Waals surface area contributed by atoms with Gasteiger partial charge in [0, 0.05) is 24.1 Å². The minimum Gasteiger partial charge on any atom is -0.503 e. The minimum absolute atomic E-state index is 0.0970. The van der Waals surface area contributed by atoms with Crippen molar-refractivity contribution >= 4 is 44.6 Å². The molecule has 2 heterocycles. The third kappa shape index (κ3) is 2.14. The van der Waals surface area contributed by atoms with Gasteiger partial charge < -0.3 is 26.0 Å². The van der Waals surface area contributed by atoms with Gasteiger partial charge in [0.05, 0.1) is 11.1 Å². The highest BCUT2D eigenvalue weighted by Crippen LogP contribution is 2.39. The summed E-state index contributed by atoms with van der Waals surface area (Å²) in [6.07, 6.45) is -0.766. The van der Waals surface area contributed by atoms with Crippen molar-refractivity contribution in [2.24, 2.45) is 0 Å². The first-order valence-corrected chi connectivity index (χ1v) is 7.33. The Morgan fingerprint density at radius 2 is 1.84 bits per heavy atom. The van der Waals surface area contributed by atoms with Gasteiger partial charge in [-0.3, -0.25) is 19.7 Å². The van der Waals surface area contributed by atoms with Crippen molar-refractivity contribution in [2.75, 3.05) is 5.73 Å². The maximum Gasteiger partial charge on any atom is 0.286 e. The van der Waals surface area contributed by atoms with E-state index in [1.54, 1.807) is 0 Å². The van der Waals surface area contributed by atoms with E-state index in [9.17, 15) is 34.1 Å². The molecular weight excluding hydrogens is 335 g/mol. The van der Waals surface area contributed by atoms with Crippen molar-refractivity contribution in [3.8, 4) is 5.75 Å². The van der Waals surface area contributed by atoms with E-state index in [1.807, 2.05) is 5.32 Å². The van der Waals surface area contributed by atoms with Crippen LogP contribution >= 0.6 is 0 Å². The number of hydrogen-bond acceptors (Lipinski definition) is 7. The zero-order chi connectivity index (χ0) is 18.9. The number of rotatable bonds is 1. The summed E-state index contributed by atoms with van der Waals surface area (Å²) in [4.78, 5) is 37.5. The van der Waals surface area contributed by atoms with Gasteiger partial charge in [0.25, 0.3) is 11.8 Å². The van der Waals surface area contributed by atoms with E-state index < -0.39 is 46.9 Å². The maximum atomic E-state index is 14.0. The lowest BCUT2D eigenvalue weighted by atomic mass is 9.68. The van der Waals surface area contributed by atoms with Crippen molar-refractivity contribution < 1.29 is 34.1 Å². The van der Waals surface area contributed by atoms with Gasteiger partial charge in [0.15, 0.2) is 11.6 Å². The molecule has 1 fully saturated rings. The molecule has 130 valence electrons. The zero-order valence-electron chi connectivity index (χ0n) is 13.4. The number of fused-ring (bicyclic) bond motifs is 1. The summed E-state index contributed by atoms with van der Waals surface area (Å²) in [6, 6.07) is 0. The molecule has 3 rings (SSSR count). The molecule has 1 saturated heterocycles. The fourth-order valence-electron chi connectivity index (χ4n) is 3.32. The lowest BCUT2D eigenvalue weighted by Crippen LogP contribution is -2.71. The molecule has 6 N–H and O–H groups in total. The summed E-state index contributed by atoms with van der Waals surface area (Å²) in [5.74, 6) is -7.65. The number of nitrogens with two attached hydrogens (primary N) is 1. The standard InChI is InChI=1S/C13H14B2FN3O6/c14-5-4-3(7(17)8(20)6(5)16)1-19(9(4)21)12(15)2-13(24,25)11(23)18-10(12)22/h20,24-25H,1-2,14-15,17H2,(H,18,22,23). The number of imide groups is 1. The molecule has 25 heavy (non-hydrogen) atoms. The highest BCUT2D eigenvalue weighted by molar-refractivity contribution is 6.39. The van der Waals surface area contributed by atoms with Crippen LogP contribution in [0.2, 0.25) is 0 Å². The number of hydrogen-bond donors (Lipinski definition) is 5. The van der Waals surface area contributed by atoms with Crippen molar-refractivity contribution in [3.05, 3.63) is 16.9 Å². The second-order valence-electron chi connectivity index (χ2n) is 6.50. The van der Waals surface area contributed by atoms with E-state index in [1.165, 1.54) is 15.7 Å². The molecule has 0 radical (unpaired) electrons. The fraction of sp³-hybridized carbons (Fsp3) is 0.308. The number of nitrogen functional groups attached to an aromatic ring is 1. The van der Waals surface area contributed by atoms with Gasteiger partial charge in [-0.25, -0.2) is 4.39 Å². The number of phenols is 1. The van der Waals surface area contributed by atoms with Crippen LogP contribution in [0.4, 0.5) is 10.1 Å². The van der Waals surface area contributed by atoms with E-state index >= 15 is 0 Å². The van der Waals surface area contributed by atoms with Crippen LogP contribution < -0.4 is 16.5 Å². The van der Waals surface area contributed by atoms with Gasteiger partial charge in [0.1, 0.15) is 15.7 Å². The number of nitrogens with one attached hydrogen (secondary N) is 1. The van der Waals surface area contributed by atoms with Crippen LogP contribution in [0.1, 0.15) is 22.3 Å². The molecule has 0 spiro atoms. The quantitative estimate of drug-likeness (QED) is 0.112. The molecule has 0 saturated carbocycles. The van der Waals surface area contributed by atoms with E-state index in [-0.39, 0.29) is 28.8 Å². The number of aromatic hydroxyl groups is 1. The molecule has 1 aromatic rings. The Hall–Kier alpha value is -2.59. The Labute approximate surface area is 142 Å². The summed E-state index contributed by atoms with van der Waals surface area (Å²) < 4.78 is 14.0. The SMILES string of the molecule is Bc1c(F)c(O)c(N)c2c1C(=O)N(C1(B)CC(O)(O)C(=O)NC1=O)C2. The molecule has 0 aromatic heterocycles. The molecule has 1 unspecified atom stereocenters. The van der Waals surface area contributed by atoms with Crippen LogP contribution in [0.3, 0.4) is 0 Å². The van der Waals surface area contributed by atoms with Crippen LogP contribution in [0.5, 0.6) is 5.75 Å². The van der Waals surface area contributed by atoms with Crippen molar-refractivity contribution in [3.63, 3.8) is 0 Å². The van der Waals surface area contributed by atoms with Gasteiger partial charge >= 0.3 is 0 Å². The average Bonchev–Trinajstić information content (AvgIpc) is 2.87. The Morgan fingerprint density at radius 1 is 1.24 bits per heavy atom. The zero-order valence-corrected chi connectivity index (χ0v) is 13.4. The third-order valence-corrected chi connectivity index (χ3v) is 4.84. The van der Waals surface area contributed by atoms with Gasteiger partial charge in [-0.15, -0.1) is 0 Å². The molecule has 0 aliphatic carbocycles. The lowest BCUT2D eigenvalue weighted by Gasteiger charge is -2.43. The van der Waals surface area contributed by atoms with Crippen LogP contribution in [-0.4, -0.2) is 64.9 Å². The Balaban J connectivity index is 2.11. The molecule has 2 aliphatic heterocycles. The minimum atomic E-state index is -2.86. The van der Waals surface area contributed by atoms with Gasteiger partial charge in [-0.2, -0.15) is 0 Å². The summed E-state index contributed by atoms with van der Waals surface area (Å²) in [7, 11) is 2.53. The van der Waals surface area contributed by atoms with Crippen LogP contribution in [0, 0.1) is 5.82 Å². The molecule has 3 amide bonds. The third-order valence-electron chi connectivity index (χ3n) is 4.84. The number of nitrogens with zero attached hydrogens (tertiary/aromatic N) is 1. The number of carbonyl (C=O) groups is 3. The fourth-order valence-corrected chi connectivity index (χ4v) is 3.32. The first-order valence-electron chi connectivity index (χ1n) is 7.33. The van der Waals surface area contributed by atoms with Crippen molar-refractivity contribution in [1.29, 1.82) is 0 Å². The van der Waals surface area contributed by atoms with E-state index in [0.29, 0.717) is 0 Å². The number of phenolic OH excluding ortho intramolecular Hbond substituents is 1. The predicted molar refractivity (Wildman–Crippen MR) is 86.7 cm³/mol. The molecule has 12 heteroatoms. The van der Waals surface area contributed by atoms with Crippen molar-refractivity contribution in [1.82, 2.24) is 10.2 Å². The number of benzene rings is 1. The van der Waals surface area contributed by atoms with Gasteiger partial charge in [-0.05, 0) is 5.46 Å². The first kappa shape index (κ1) is 17.2. The topological polar surface area (TPSA) is 153 Å². The number of piperidine rings is 1. The summed E-state index contributed by atoms with van der Waals surface area (Å²) in [5, 5.41) is 31.1. The molecule has 1 atom stereocenters. The highest BCUT2D eigenvalue weighted by Gasteiger charge is 2.57. The Bertz CT molecular complexity index is 861. The Morgan fingerprint density at radius 3 is 2.44 bits per heavy atom. The predicted octanol–water partition coefficient (Wildman–Crippen LogP) is -4.62. The summed E-state index contributed by atoms with van der Waals surface area (Å²) >= 11 is 0. The highest BCUT2D eigenvalue weighted by atomic mass is 19.1.